The summed E-state index contributed by atoms with van der Waals surface area (Å²) in [5.74, 6) is 0.249. The predicted molar refractivity (Wildman–Crippen MR) is 79.8 cm³/mol. The van der Waals surface area contributed by atoms with Gasteiger partial charge in [-0.05, 0) is 24.1 Å². The van der Waals surface area contributed by atoms with Gasteiger partial charge in [0.2, 0.25) is 0 Å². The lowest BCUT2D eigenvalue weighted by molar-refractivity contribution is -0.0499. The largest absolute Gasteiger partial charge is 0.435 e. The van der Waals surface area contributed by atoms with Crippen molar-refractivity contribution in [3.8, 4) is 5.75 Å². The van der Waals surface area contributed by atoms with E-state index in [2.05, 4.69) is 21.9 Å². The first-order valence-corrected chi connectivity index (χ1v) is 7.70. The second-order valence-electron chi connectivity index (χ2n) is 5.39. The average molecular weight is 298 g/mol. The Morgan fingerprint density at radius 3 is 2.71 bits per heavy atom. The predicted octanol–water partition coefficient (Wildman–Crippen LogP) is 3.42. The van der Waals surface area contributed by atoms with Crippen LogP contribution < -0.4 is 10.1 Å². The molecule has 1 aromatic carbocycles. The molecule has 0 bridgehead atoms. The quantitative estimate of drug-likeness (QED) is 0.834. The monoisotopic (exact) mass is 298 g/mol. The maximum absolute atomic E-state index is 12.4. The fraction of sp³-hybridized carbons (Fsp3) is 0.625. The van der Waals surface area contributed by atoms with Crippen molar-refractivity contribution in [2.75, 3.05) is 26.2 Å². The molecule has 0 spiro atoms. The minimum absolute atomic E-state index is 0.249. The minimum Gasteiger partial charge on any atom is -0.435 e. The molecule has 1 aliphatic heterocycles. The van der Waals surface area contributed by atoms with Crippen LogP contribution in [0.15, 0.2) is 24.3 Å². The van der Waals surface area contributed by atoms with Gasteiger partial charge in [0.15, 0.2) is 0 Å². The molecule has 1 aliphatic rings. The van der Waals surface area contributed by atoms with E-state index < -0.39 is 6.61 Å². The molecule has 3 nitrogen and oxygen atoms in total. The lowest BCUT2D eigenvalue weighted by Crippen LogP contribution is -2.45. The van der Waals surface area contributed by atoms with Crippen molar-refractivity contribution in [1.29, 1.82) is 0 Å². The molecule has 118 valence electrons. The van der Waals surface area contributed by atoms with Gasteiger partial charge in [0.1, 0.15) is 5.75 Å². The Bertz CT molecular complexity index is 422. The van der Waals surface area contributed by atoms with Gasteiger partial charge in [-0.1, -0.05) is 31.9 Å². The third-order valence-electron chi connectivity index (χ3n) is 3.89. The van der Waals surface area contributed by atoms with Crippen molar-refractivity contribution >= 4 is 0 Å². The molecule has 2 rings (SSSR count). The van der Waals surface area contributed by atoms with Crippen molar-refractivity contribution in [3.05, 3.63) is 29.8 Å². The first-order chi connectivity index (χ1) is 10.2. The van der Waals surface area contributed by atoms with Crippen LogP contribution in [0.4, 0.5) is 8.78 Å². The van der Waals surface area contributed by atoms with Crippen LogP contribution >= 0.6 is 0 Å². The summed E-state index contributed by atoms with van der Waals surface area (Å²) in [6, 6.07) is 7.45. The van der Waals surface area contributed by atoms with Crippen molar-refractivity contribution < 1.29 is 13.5 Å². The van der Waals surface area contributed by atoms with E-state index in [0.29, 0.717) is 0 Å². The Labute approximate surface area is 125 Å². The Morgan fingerprint density at radius 1 is 1.29 bits per heavy atom. The molecule has 1 N–H and O–H groups in total. The normalized spacial score (nSPS) is 17.9. The first kappa shape index (κ1) is 16.2. The second-order valence-corrected chi connectivity index (χ2v) is 5.39. The molecule has 0 unspecified atom stereocenters. The highest BCUT2D eigenvalue weighted by molar-refractivity contribution is 5.30. The van der Waals surface area contributed by atoms with Crippen molar-refractivity contribution in [3.63, 3.8) is 0 Å². The van der Waals surface area contributed by atoms with Gasteiger partial charge in [0, 0.05) is 32.2 Å². The third kappa shape index (κ3) is 4.93. The van der Waals surface area contributed by atoms with Gasteiger partial charge < -0.3 is 10.1 Å². The molecule has 0 radical (unpaired) electrons. The third-order valence-corrected chi connectivity index (χ3v) is 3.89. The Hall–Kier alpha value is -1.20. The Kier molecular flexibility index (Phi) is 6.39. The van der Waals surface area contributed by atoms with Gasteiger partial charge >= 0.3 is 6.61 Å². The number of hydrogen-bond donors (Lipinski definition) is 1. The molecule has 0 aliphatic carbocycles. The van der Waals surface area contributed by atoms with Crippen LogP contribution in [0.2, 0.25) is 0 Å². The van der Waals surface area contributed by atoms with E-state index in [1.807, 2.05) is 6.07 Å². The van der Waals surface area contributed by atoms with E-state index in [0.717, 1.165) is 51.0 Å². The van der Waals surface area contributed by atoms with E-state index in [1.54, 1.807) is 18.2 Å². The molecule has 1 saturated heterocycles. The van der Waals surface area contributed by atoms with Gasteiger partial charge in [-0.15, -0.1) is 0 Å². The zero-order chi connectivity index (χ0) is 15.1. The van der Waals surface area contributed by atoms with Crippen LogP contribution in [0.1, 0.15) is 37.8 Å². The topological polar surface area (TPSA) is 24.5 Å². The fourth-order valence-electron chi connectivity index (χ4n) is 2.85. The van der Waals surface area contributed by atoms with Crippen LogP contribution in [0.25, 0.3) is 0 Å². The number of rotatable bonds is 7. The number of unbranched alkanes of at least 4 members (excludes halogenated alkanes) is 1. The highest BCUT2D eigenvalue weighted by Gasteiger charge is 2.22. The number of nitrogens with zero attached hydrogens (tertiary/aromatic N) is 1. The van der Waals surface area contributed by atoms with Crippen molar-refractivity contribution in [2.45, 2.75) is 38.8 Å². The standard InChI is InChI=1S/C16H24F2N2O/c1-2-3-7-15(20-10-8-19-9-11-20)13-5-4-6-14(12-13)21-16(17)18/h4-6,12,15-16,19H,2-3,7-11H2,1H3/t15-/m0/s1. The summed E-state index contributed by atoms with van der Waals surface area (Å²) < 4.78 is 29.3. The summed E-state index contributed by atoms with van der Waals surface area (Å²) in [5, 5.41) is 3.35. The fourth-order valence-corrected chi connectivity index (χ4v) is 2.85. The first-order valence-electron chi connectivity index (χ1n) is 7.70. The lowest BCUT2D eigenvalue weighted by Gasteiger charge is -2.35. The SMILES string of the molecule is CCCC[C@@H](c1cccc(OC(F)F)c1)N1CCNCC1. The summed E-state index contributed by atoms with van der Waals surface area (Å²) in [7, 11) is 0. The number of ether oxygens (including phenoxy) is 1. The summed E-state index contributed by atoms with van der Waals surface area (Å²) >= 11 is 0. The maximum atomic E-state index is 12.4. The van der Waals surface area contributed by atoms with Gasteiger partial charge in [0.05, 0.1) is 0 Å². The van der Waals surface area contributed by atoms with Crippen LogP contribution in [0, 0.1) is 0 Å². The Morgan fingerprint density at radius 2 is 2.05 bits per heavy atom. The van der Waals surface area contributed by atoms with Crippen LogP contribution in [-0.2, 0) is 0 Å². The molecular weight excluding hydrogens is 274 g/mol. The van der Waals surface area contributed by atoms with Gasteiger partial charge in [-0.2, -0.15) is 8.78 Å². The molecule has 1 fully saturated rings. The number of hydrogen-bond acceptors (Lipinski definition) is 3. The summed E-state index contributed by atoms with van der Waals surface area (Å²) in [6.45, 7) is 3.35. The van der Waals surface area contributed by atoms with E-state index in [-0.39, 0.29) is 11.8 Å². The number of nitrogens with one attached hydrogen (secondary N) is 1. The molecule has 1 atom stereocenters. The van der Waals surface area contributed by atoms with Gasteiger partial charge in [-0.25, -0.2) is 0 Å². The van der Waals surface area contributed by atoms with E-state index >= 15 is 0 Å². The number of benzene rings is 1. The number of alkyl halides is 2. The second kappa shape index (κ2) is 8.29. The maximum Gasteiger partial charge on any atom is 0.387 e. The van der Waals surface area contributed by atoms with Crippen LogP contribution in [0.5, 0.6) is 5.75 Å². The lowest BCUT2D eigenvalue weighted by atomic mass is 9.98. The molecule has 1 aromatic rings. The molecule has 0 amide bonds. The minimum atomic E-state index is -2.77. The highest BCUT2D eigenvalue weighted by atomic mass is 19.3. The highest BCUT2D eigenvalue weighted by Crippen LogP contribution is 2.29. The van der Waals surface area contributed by atoms with Gasteiger partial charge in [-0.3, -0.25) is 4.90 Å². The van der Waals surface area contributed by atoms with E-state index in [4.69, 9.17) is 0 Å². The molecular formula is C16H24F2N2O. The van der Waals surface area contributed by atoms with E-state index in [1.165, 1.54) is 0 Å². The molecule has 21 heavy (non-hydrogen) atoms. The molecule has 1 heterocycles. The van der Waals surface area contributed by atoms with E-state index in [9.17, 15) is 8.78 Å². The zero-order valence-corrected chi connectivity index (χ0v) is 12.5. The molecule has 5 heteroatoms. The van der Waals surface area contributed by atoms with Crippen LogP contribution in [0.3, 0.4) is 0 Å². The smallest absolute Gasteiger partial charge is 0.387 e. The van der Waals surface area contributed by atoms with Crippen molar-refractivity contribution in [1.82, 2.24) is 10.2 Å². The average Bonchev–Trinajstić information content (AvgIpc) is 2.48. The number of halogens is 2. The number of piperazine rings is 1. The molecule has 0 saturated carbocycles. The summed E-state index contributed by atoms with van der Waals surface area (Å²) in [6.07, 6.45) is 3.32. The van der Waals surface area contributed by atoms with Crippen LogP contribution in [-0.4, -0.2) is 37.7 Å². The zero-order valence-electron chi connectivity index (χ0n) is 12.5. The Balaban J connectivity index is 2.14. The molecule has 0 aromatic heterocycles. The van der Waals surface area contributed by atoms with Gasteiger partial charge in [0.25, 0.3) is 0 Å². The van der Waals surface area contributed by atoms with Crippen molar-refractivity contribution in [2.24, 2.45) is 0 Å². The summed E-state index contributed by atoms with van der Waals surface area (Å²) in [4.78, 5) is 2.44. The summed E-state index contributed by atoms with van der Waals surface area (Å²) in [5.41, 5.74) is 1.07.